The van der Waals surface area contributed by atoms with Gasteiger partial charge in [-0.1, -0.05) is 25.1 Å². The minimum absolute atomic E-state index is 0.112. The van der Waals surface area contributed by atoms with E-state index >= 15 is 0 Å². The summed E-state index contributed by atoms with van der Waals surface area (Å²) in [6.07, 6.45) is 7.43. The van der Waals surface area contributed by atoms with Crippen molar-refractivity contribution in [2.24, 2.45) is 11.1 Å². The summed E-state index contributed by atoms with van der Waals surface area (Å²) < 4.78 is 5.39. The van der Waals surface area contributed by atoms with Gasteiger partial charge in [-0.05, 0) is 37.8 Å². The van der Waals surface area contributed by atoms with Crippen molar-refractivity contribution in [1.82, 2.24) is 4.90 Å². The fourth-order valence-electron chi connectivity index (χ4n) is 3.14. The van der Waals surface area contributed by atoms with Crippen LogP contribution in [-0.4, -0.2) is 21.8 Å². The largest absolute Gasteiger partial charge is 0.467 e. The number of thiocarbonyl (C=S) groups is 1. The van der Waals surface area contributed by atoms with Crippen molar-refractivity contribution in [2.75, 3.05) is 0 Å². The van der Waals surface area contributed by atoms with Crippen LogP contribution in [0, 0.1) is 5.41 Å². The number of hydrogen-bond acceptors (Lipinski definition) is 3. The summed E-state index contributed by atoms with van der Waals surface area (Å²) in [6, 6.07) is 4.09. The molecule has 0 saturated heterocycles. The van der Waals surface area contributed by atoms with E-state index < -0.39 is 5.41 Å². The lowest BCUT2D eigenvalue weighted by Gasteiger charge is -2.33. The van der Waals surface area contributed by atoms with E-state index in [0.29, 0.717) is 17.6 Å². The number of rotatable bonds is 5. The molecule has 0 aliphatic heterocycles. The molecule has 4 nitrogen and oxygen atoms in total. The predicted molar refractivity (Wildman–Crippen MR) is 80.0 cm³/mol. The maximum Gasteiger partial charge on any atom is 0.236 e. The fourth-order valence-corrected chi connectivity index (χ4v) is 3.43. The van der Waals surface area contributed by atoms with Crippen molar-refractivity contribution < 1.29 is 9.21 Å². The number of amides is 1. The van der Waals surface area contributed by atoms with Gasteiger partial charge >= 0.3 is 0 Å². The third-order valence-electron chi connectivity index (χ3n) is 4.49. The number of carbonyl (C=O) groups excluding carboxylic acids is 1. The van der Waals surface area contributed by atoms with Gasteiger partial charge in [0.1, 0.15) is 5.76 Å². The highest BCUT2D eigenvalue weighted by atomic mass is 32.1. The monoisotopic (exact) mass is 292 g/mol. The molecule has 2 aliphatic carbocycles. The van der Waals surface area contributed by atoms with E-state index in [1.165, 1.54) is 0 Å². The smallest absolute Gasteiger partial charge is 0.236 e. The Bertz CT molecular complexity index is 502. The Morgan fingerprint density at radius 2 is 2.15 bits per heavy atom. The molecule has 108 valence electrons. The number of furan rings is 1. The molecule has 2 saturated carbocycles. The van der Waals surface area contributed by atoms with E-state index in [1.807, 2.05) is 17.0 Å². The molecule has 1 aromatic rings. The van der Waals surface area contributed by atoms with Crippen LogP contribution >= 0.6 is 12.2 Å². The average Bonchev–Trinajstić information content (AvgIpc) is 2.95. The molecular weight excluding hydrogens is 272 g/mol. The van der Waals surface area contributed by atoms with Crippen LogP contribution < -0.4 is 5.73 Å². The molecule has 1 aromatic heterocycles. The maximum atomic E-state index is 13.0. The van der Waals surface area contributed by atoms with Crippen molar-refractivity contribution in [2.45, 2.75) is 51.1 Å². The molecule has 0 radical (unpaired) electrons. The van der Waals surface area contributed by atoms with Crippen molar-refractivity contribution in [3.05, 3.63) is 24.2 Å². The SMILES string of the molecule is NC(=S)C1(C(=O)N(Cc2ccco2)C2CC2)CCCC1. The molecule has 1 amide bonds. The van der Waals surface area contributed by atoms with Gasteiger partial charge in [0.15, 0.2) is 0 Å². The first-order chi connectivity index (χ1) is 9.63. The van der Waals surface area contributed by atoms with Crippen LogP contribution in [0.5, 0.6) is 0 Å². The minimum atomic E-state index is -0.607. The van der Waals surface area contributed by atoms with Crippen molar-refractivity contribution >= 4 is 23.1 Å². The fraction of sp³-hybridized carbons (Fsp3) is 0.600. The van der Waals surface area contributed by atoms with Gasteiger partial charge in [-0.3, -0.25) is 4.79 Å². The normalized spacial score (nSPS) is 20.8. The second-order valence-corrected chi connectivity index (χ2v) is 6.34. The number of nitrogens with two attached hydrogens (primary N) is 1. The predicted octanol–water partition coefficient (Wildman–Crippen LogP) is 2.62. The summed E-state index contributed by atoms with van der Waals surface area (Å²) >= 11 is 5.22. The van der Waals surface area contributed by atoms with Crippen molar-refractivity contribution in [3.8, 4) is 0 Å². The second-order valence-electron chi connectivity index (χ2n) is 5.90. The van der Waals surface area contributed by atoms with E-state index in [2.05, 4.69) is 0 Å². The highest BCUT2D eigenvalue weighted by Crippen LogP contribution is 2.42. The Kier molecular flexibility index (Phi) is 3.54. The van der Waals surface area contributed by atoms with Crippen LogP contribution in [0.1, 0.15) is 44.3 Å². The summed E-state index contributed by atoms with van der Waals surface area (Å²) in [5, 5.41) is 0. The highest BCUT2D eigenvalue weighted by molar-refractivity contribution is 7.80. The van der Waals surface area contributed by atoms with Crippen LogP contribution in [0.2, 0.25) is 0 Å². The third kappa shape index (κ3) is 2.35. The van der Waals surface area contributed by atoms with Gasteiger partial charge in [-0.2, -0.15) is 0 Å². The van der Waals surface area contributed by atoms with Crippen LogP contribution in [0.25, 0.3) is 0 Å². The molecule has 2 fully saturated rings. The first-order valence-corrected chi connectivity index (χ1v) is 7.68. The zero-order valence-electron chi connectivity index (χ0n) is 11.5. The Morgan fingerprint density at radius 3 is 2.65 bits per heavy atom. The third-order valence-corrected chi connectivity index (χ3v) is 4.88. The van der Waals surface area contributed by atoms with Crippen molar-refractivity contribution in [1.29, 1.82) is 0 Å². The Balaban J connectivity index is 1.83. The molecule has 3 rings (SSSR count). The standard InChI is InChI=1S/C15H20N2O2S/c16-13(20)15(7-1-2-8-15)14(18)17(11-5-6-11)10-12-4-3-9-19-12/h3-4,9,11H,1-2,5-8,10H2,(H2,16,20). The zero-order valence-corrected chi connectivity index (χ0v) is 12.3. The zero-order chi connectivity index (χ0) is 14.2. The lowest BCUT2D eigenvalue weighted by molar-refractivity contribution is -0.139. The topological polar surface area (TPSA) is 59.5 Å². The molecule has 5 heteroatoms. The van der Waals surface area contributed by atoms with Gasteiger partial charge in [-0.15, -0.1) is 0 Å². The van der Waals surface area contributed by atoms with E-state index in [0.717, 1.165) is 44.3 Å². The van der Waals surface area contributed by atoms with Gasteiger partial charge in [-0.25, -0.2) is 0 Å². The van der Waals surface area contributed by atoms with Crippen molar-refractivity contribution in [3.63, 3.8) is 0 Å². The summed E-state index contributed by atoms with van der Waals surface area (Å²) in [5.74, 6) is 0.933. The van der Waals surface area contributed by atoms with Crippen LogP contribution in [0.4, 0.5) is 0 Å². The Hall–Kier alpha value is -1.36. The highest BCUT2D eigenvalue weighted by Gasteiger charge is 2.49. The van der Waals surface area contributed by atoms with Gasteiger partial charge in [0.05, 0.1) is 23.2 Å². The van der Waals surface area contributed by atoms with Crippen LogP contribution in [0.15, 0.2) is 22.8 Å². The van der Waals surface area contributed by atoms with E-state index in [4.69, 9.17) is 22.4 Å². The first-order valence-electron chi connectivity index (χ1n) is 7.27. The molecule has 20 heavy (non-hydrogen) atoms. The molecule has 0 unspecified atom stereocenters. The lowest BCUT2D eigenvalue weighted by Crippen LogP contribution is -2.49. The van der Waals surface area contributed by atoms with Crippen LogP contribution in [0.3, 0.4) is 0 Å². The number of hydrogen-bond donors (Lipinski definition) is 1. The summed E-state index contributed by atoms with van der Waals surface area (Å²) in [6.45, 7) is 0.529. The molecule has 2 aliphatic rings. The number of carbonyl (C=O) groups is 1. The molecular formula is C15H20N2O2S. The summed E-state index contributed by atoms with van der Waals surface area (Å²) in [5.41, 5.74) is 5.32. The molecule has 2 N–H and O–H groups in total. The van der Waals surface area contributed by atoms with Crippen LogP contribution in [-0.2, 0) is 11.3 Å². The van der Waals surface area contributed by atoms with E-state index in [-0.39, 0.29) is 5.91 Å². The summed E-state index contributed by atoms with van der Waals surface area (Å²) in [4.78, 5) is 15.3. The first kappa shape index (κ1) is 13.6. The Labute approximate surface area is 124 Å². The minimum Gasteiger partial charge on any atom is -0.467 e. The average molecular weight is 292 g/mol. The lowest BCUT2D eigenvalue weighted by atomic mass is 9.84. The molecule has 0 aromatic carbocycles. The molecule has 0 spiro atoms. The molecule has 0 bridgehead atoms. The quantitative estimate of drug-likeness (QED) is 0.848. The molecule has 1 heterocycles. The second kappa shape index (κ2) is 5.20. The Morgan fingerprint density at radius 1 is 1.45 bits per heavy atom. The van der Waals surface area contributed by atoms with E-state index in [9.17, 15) is 4.79 Å². The summed E-state index contributed by atoms with van der Waals surface area (Å²) in [7, 11) is 0. The number of nitrogens with zero attached hydrogens (tertiary/aromatic N) is 1. The maximum absolute atomic E-state index is 13.0. The van der Waals surface area contributed by atoms with Gasteiger partial charge < -0.3 is 15.1 Å². The van der Waals surface area contributed by atoms with Gasteiger partial charge in [0, 0.05) is 6.04 Å². The molecule has 0 atom stereocenters. The van der Waals surface area contributed by atoms with Gasteiger partial charge in [0.25, 0.3) is 0 Å². The van der Waals surface area contributed by atoms with E-state index in [1.54, 1.807) is 6.26 Å². The van der Waals surface area contributed by atoms with Gasteiger partial charge in [0.2, 0.25) is 5.91 Å².